The second kappa shape index (κ2) is 6.31. The van der Waals surface area contributed by atoms with Gasteiger partial charge in [0.05, 0.1) is 12.3 Å². The van der Waals surface area contributed by atoms with Crippen LogP contribution in [0.15, 0.2) is 36.9 Å². The van der Waals surface area contributed by atoms with Gasteiger partial charge in [0.25, 0.3) is 0 Å². The molecule has 7 heteroatoms. The van der Waals surface area contributed by atoms with Crippen LogP contribution in [0.25, 0.3) is 11.1 Å². The van der Waals surface area contributed by atoms with Gasteiger partial charge in [-0.05, 0) is 26.0 Å². The average Bonchev–Trinajstić information content (AvgIpc) is 2.45. The van der Waals surface area contributed by atoms with E-state index in [0.717, 1.165) is 6.20 Å². The van der Waals surface area contributed by atoms with Crippen molar-refractivity contribution >= 4 is 0 Å². The fourth-order valence-corrected chi connectivity index (χ4v) is 1.87. The van der Waals surface area contributed by atoms with E-state index >= 15 is 0 Å². The average molecular weight is 312 g/mol. The topological polar surface area (TPSA) is 55.2 Å². The number of alkyl halides is 3. The standard InChI is InChI=1S/C15H15F3N2O2/c1-9(2)22-13-4-11(6-20-8-13)10-3-12(7-19-5-10)14(21)15(16,17)18/h3-9,14,21H,1-2H3. The Morgan fingerprint density at radius 1 is 1.00 bits per heavy atom. The predicted octanol–water partition coefficient (Wildman–Crippen LogP) is 3.53. The maximum atomic E-state index is 12.6. The van der Waals surface area contributed by atoms with Crippen molar-refractivity contribution in [3.63, 3.8) is 0 Å². The van der Waals surface area contributed by atoms with Crippen LogP contribution in [0.5, 0.6) is 5.75 Å². The maximum absolute atomic E-state index is 12.6. The number of aliphatic hydroxyl groups is 1. The minimum absolute atomic E-state index is 0.0476. The molecule has 118 valence electrons. The van der Waals surface area contributed by atoms with Crippen LogP contribution in [0.4, 0.5) is 13.2 Å². The van der Waals surface area contributed by atoms with E-state index in [-0.39, 0.29) is 11.7 Å². The Labute approximate surface area is 125 Å². The van der Waals surface area contributed by atoms with Crippen LogP contribution in [0.3, 0.4) is 0 Å². The van der Waals surface area contributed by atoms with Crippen LogP contribution >= 0.6 is 0 Å². The largest absolute Gasteiger partial charge is 0.489 e. The van der Waals surface area contributed by atoms with Crippen molar-refractivity contribution in [2.24, 2.45) is 0 Å². The van der Waals surface area contributed by atoms with Gasteiger partial charge >= 0.3 is 6.18 Å². The highest BCUT2D eigenvalue weighted by molar-refractivity contribution is 5.63. The molecule has 0 spiro atoms. The normalized spacial score (nSPS) is 13.2. The SMILES string of the molecule is CC(C)Oc1cncc(-c2cncc(C(O)C(F)(F)F)c2)c1. The summed E-state index contributed by atoms with van der Waals surface area (Å²) in [4.78, 5) is 7.76. The molecule has 0 radical (unpaired) electrons. The van der Waals surface area contributed by atoms with Crippen LogP contribution in [0.2, 0.25) is 0 Å². The van der Waals surface area contributed by atoms with Crippen LogP contribution in [0.1, 0.15) is 25.5 Å². The number of hydrogen-bond acceptors (Lipinski definition) is 4. The monoisotopic (exact) mass is 312 g/mol. The van der Waals surface area contributed by atoms with Crippen LogP contribution in [0, 0.1) is 0 Å². The fraction of sp³-hybridized carbons (Fsp3) is 0.333. The van der Waals surface area contributed by atoms with Crippen molar-refractivity contribution in [3.8, 4) is 16.9 Å². The minimum Gasteiger partial charge on any atom is -0.489 e. The molecule has 2 rings (SSSR count). The Bertz CT molecular complexity index is 645. The van der Waals surface area contributed by atoms with Crippen LogP contribution < -0.4 is 4.74 Å². The van der Waals surface area contributed by atoms with Crippen molar-refractivity contribution < 1.29 is 23.0 Å². The number of aliphatic hydroxyl groups excluding tert-OH is 1. The van der Waals surface area contributed by atoms with Crippen molar-refractivity contribution in [3.05, 3.63) is 42.5 Å². The molecule has 1 unspecified atom stereocenters. The summed E-state index contributed by atoms with van der Waals surface area (Å²) >= 11 is 0. The van der Waals surface area contributed by atoms with Crippen LogP contribution in [-0.2, 0) is 0 Å². The van der Waals surface area contributed by atoms with Gasteiger partial charge in [-0.15, -0.1) is 0 Å². The molecule has 0 bridgehead atoms. The van der Waals surface area contributed by atoms with Gasteiger partial charge in [-0.25, -0.2) is 0 Å². The molecule has 22 heavy (non-hydrogen) atoms. The maximum Gasteiger partial charge on any atom is 0.418 e. The third-order valence-corrected chi connectivity index (χ3v) is 2.80. The summed E-state index contributed by atoms with van der Waals surface area (Å²) in [6.07, 6.45) is -1.94. The molecule has 0 saturated carbocycles. The molecule has 0 aliphatic rings. The highest BCUT2D eigenvalue weighted by Crippen LogP contribution is 2.33. The number of hydrogen-bond donors (Lipinski definition) is 1. The van der Waals surface area contributed by atoms with Gasteiger partial charge in [0.15, 0.2) is 6.10 Å². The fourth-order valence-electron chi connectivity index (χ4n) is 1.87. The summed E-state index contributed by atoms with van der Waals surface area (Å²) in [6, 6.07) is 2.90. The molecule has 2 aromatic rings. The molecule has 0 aromatic carbocycles. The molecule has 0 aliphatic carbocycles. The first kappa shape index (κ1) is 16.2. The van der Waals surface area contributed by atoms with E-state index in [2.05, 4.69) is 9.97 Å². The molecular weight excluding hydrogens is 297 g/mol. The number of aromatic nitrogens is 2. The summed E-state index contributed by atoms with van der Waals surface area (Å²) in [5.74, 6) is 0.509. The molecular formula is C15H15F3N2O2. The molecule has 2 aromatic heterocycles. The van der Waals surface area contributed by atoms with E-state index in [0.29, 0.717) is 16.9 Å². The minimum atomic E-state index is -4.73. The van der Waals surface area contributed by atoms with Gasteiger partial charge in [0.1, 0.15) is 5.75 Å². The predicted molar refractivity (Wildman–Crippen MR) is 74.2 cm³/mol. The highest BCUT2D eigenvalue weighted by Gasteiger charge is 2.39. The van der Waals surface area contributed by atoms with E-state index in [1.54, 1.807) is 6.07 Å². The molecule has 1 N–H and O–H groups in total. The smallest absolute Gasteiger partial charge is 0.418 e. The number of ether oxygens (including phenoxy) is 1. The van der Waals surface area contributed by atoms with E-state index in [9.17, 15) is 18.3 Å². The second-order valence-corrected chi connectivity index (χ2v) is 5.03. The van der Waals surface area contributed by atoms with Crippen molar-refractivity contribution in [1.82, 2.24) is 9.97 Å². The first-order valence-electron chi connectivity index (χ1n) is 6.59. The lowest BCUT2D eigenvalue weighted by Crippen LogP contribution is -2.20. The number of pyridine rings is 2. The highest BCUT2D eigenvalue weighted by atomic mass is 19.4. The molecule has 0 aliphatic heterocycles. The lowest BCUT2D eigenvalue weighted by atomic mass is 10.0. The number of halogens is 3. The van der Waals surface area contributed by atoms with Crippen molar-refractivity contribution in [2.45, 2.75) is 32.2 Å². The summed E-state index contributed by atoms with van der Waals surface area (Å²) in [7, 11) is 0. The first-order valence-corrected chi connectivity index (χ1v) is 6.59. The van der Waals surface area contributed by atoms with Gasteiger partial charge in [0.2, 0.25) is 0 Å². The summed E-state index contributed by atoms with van der Waals surface area (Å²) in [6.45, 7) is 3.71. The Morgan fingerprint density at radius 2 is 1.59 bits per heavy atom. The zero-order valence-electron chi connectivity index (χ0n) is 12.0. The van der Waals surface area contributed by atoms with Crippen LogP contribution in [-0.4, -0.2) is 27.4 Å². The van der Waals surface area contributed by atoms with Gasteiger partial charge < -0.3 is 9.84 Å². The van der Waals surface area contributed by atoms with E-state index in [4.69, 9.17) is 4.74 Å². The van der Waals surface area contributed by atoms with E-state index in [1.165, 1.54) is 24.7 Å². The van der Waals surface area contributed by atoms with Crippen molar-refractivity contribution in [1.29, 1.82) is 0 Å². The lowest BCUT2D eigenvalue weighted by molar-refractivity contribution is -0.206. The molecule has 2 heterocycles. The third-order valence-electron chi connectivity index (χ3n) is 2.80. The summed E-state index contributed by atoms with van der Waals surface area (Å²) in [5, 5.41) is 9.30. The number of nitrogens with zero attached hydrogens (tertiary/aromatic N) is 2. The second-order valence-electron chi connectivity index (χ2n) is 5.03. The summed E-state index contributed by atoms with van der Waals surface area (Å²) in [5.41, 5.74) is 0.657. The molecule has 4 nitrogen and oxygen atoms in total. The molecule has 0 amide bonds. The molecule has 0 saturated heterocycles. The zero-order valence-corrected chi connectivity index (χ0v) is 12.0. The van der Waals surface area contributed by atoms with E-state index in [1.807, 2.05) is 13.8 Å². The Kier molecular flexibility index (Phi) is 4.65. The Balaban J connectivity index is 2.34. The quantitative estimate of drug-likeness (QED) is 0.938. The Morgan fingerprint density at radius 3 is 2.18 bits per heavy atom. The van der Waals surface area contributed by atoms with Gasteiger partial charge in [-0.2, -0.15) is 13.2 Å². The van der Waals surface area contributed by atoms with Crippen molar-refractivity contribution in [2.75, 3.05) is 0 Å². The first-order chi connectivity index (χ1) is 10.3. The lowest BCUT2D eigenvalue weighted by Gasteiger charge is -2.15. The van der Waals surface area contributed by atoms with Gasteiger partial charge in [-0.3, -0.25) is 9.97 Å². The number of rotatable bonds is 4. The van der Waals surface area contributed by atoms with Gasteiger partial charge in [0, 0.05) is 35.3 Å². The Hall–Kier alpha value is -2.15. The molecule has 1 atom stereocenters. The van der Waals surface area contributed by atoms with E-state index < -0.39 is 12.3 Å². The summed E-state index contributed by atoms with van der Waals surface area (Å²) < 4.78 is 43.2. The zero-order chi connectivity index (χ0) is 16.3. The van der Waals surface area contributed by atoms with Gasteiger partial charge in [-0.1, -0.05) is 0 Å². The molecule has 0 fully saturated rings. The third kappa shape index (κ3) is 3.94.